The first-order valence-electron chi connectivity index (χ1n) is 6.87. The maximum atomic E-state index is 12.0. The van der Waals surface area contributed by atoms with Gasteiger partial charge in [-0.05, 0) is 31.9 Å². The van der Waals surface area contributed by atoms with Crippen LogP contribution >= 0.6 is 0 Å². The Morgan fingerprint density at radius 3 is 2.79 bits per heavy atom. The normalized spacial score (nSPS) is 11.2. The molecule has 1 amide bonds. The number of pyridine rings is 1. The van der Waals surface area contributed by atoms with Gasteiger partial charge in [0, 0.05) is 12.1 Å². The fourth-order valence-corrected chi connectivity index (χ4v) is 2.35. The Hall–Kier alpha value is -1.84. The zero-order valence-electron chi connectivity index (χ0n) is 11.8. The zero-order chi connectivity index (χ0) is 13.8. The number of amides is 1. The van der Waals surface area contributed by atoms with Gasteiger partial charge in [0.15, 0.2) is 0 Å². The van der Waals surface area contributed by atoms with Crippen LogP contribution in [-0.4, -0.2) is 15.3 Å². The fourth-order valence-electron chi connectivity index (χ4n) is 2.35. The average Bonchev–Trinajstić information content (AvgIpc) is 2.73. The molecule has 0 radical (unpaired) electrons. The minimum Gasteiger partial charge on any atom is -0.350 e. The van der Waals surface area contributed by atoms with Gasteiger partial charge in [0.25, 0.3) is 0 Å². The van der Waals surface area contributed by atoms with Gasteiger partial charge in [0.05, 0.1) is 17.9 Å². The van der Waals surface area contributed by atoms with Gasteiger partial charge in [-0.1, -0.05) is 19.9 Å². The van der Waals surface area contributed by atoms with Crippen molar-refractivity contribution >= 4 is 11.6 Å². The topological polar surface area (TPSA) is 46.4 Å². The van der Waals surface area contributed by atoms with Gasteiger partial charge >= 0.3 is 0 Å². The quantitative estimate of drug-likeness (QED) is 0.897. The Labute approximate surface area is 113 Å². The van der Waals surface area contributed by atoms with E-state index in [9.17, 15) is 4.79 Å². The Balaban J connectivity index is 2.14. The molecule has 0 saturated heterocycles. The van der Waals surface area contributed by atoms with Crippen molar-refractivity contribution in [3.8, 4) is 0 Å². The first-order valence-corrected chi connectivity index (χ1v) is 6.87. The van der Waals surface area contributed by atoms with E-state index in [0.717, 1.165) is 29.9 Å². The Bertz CT molecular complexity index is 570. The van der Waals surface area contributed by atoms with Gasteiger partial charge in [0.2, 0.25) is 5.91 Å². The van der Waals surface area contributed by atoms with E-state index in [1.807, 2.05) is 49.6 Å². The van der Waals surface area contributed by atoms with Crippen LogP contribution in [0.1, 0.15) is 38.1 Å². The van der Waals surface area contributed by atoms with Crippen molar-refractivity contribution in [2.75, 3.05) is 0 Å². The molecule has 0 bridgehead atoms. The van der Waals surface area contributed by atoms with E-state index in [1.54, 1.807) is 0 Å². The van der Waals surface area contributed by atoms with Crippen molar-refractivity contribution in [1.82, 2.24) is 14.7 Å². The van der Waals surface area contributed by atoms with E-state index in [2.05, 4.69) is 10.3 Å². The van der Waals surface area contributed by atoms with Gasteiger partial charge in [0.1, 0.15) is 5.65 Å². The second kappa shape index (κ2) is 5.87. The highest BCUT2D eigenvalue weighted by Gasteiger charge is 2.15. The first kappa shape index (κ1) is 13.6. The number of fused-ring (bicyclic) bond motifs is 1. The molecule has 19 heavy (non-hydrogen) atoms. The van der Waals surface area contributed by atoms with Crippen LogP contribution in [0.2, 0.25) is 0 Å². The van der Waals surface area contributed by atoms with Crippen LogP contribution in [0.5, 0.6) is 0 Å². The highest BCUT2D eigenvalue weighted by molar-refractivity contribution is 5.78. The summed E-state index contributed by atoms with van der Waals surface area (Å²) in [5.74, 6) is 0.245. The summed E-state index contributed by atoms with van der Waals surface area (Å²) in [5, 5.41) is 3.02. The van der Waals surface area contributed by atoms with E-state index >= 15 is 0 Å². The SMILES string of the molecule is CCC(CC)C(=O)NCc1c(C)nc2ccccn12. The molecule has 0 aliphatic rings. The number of imidazole rings is 1. The lowest BCUT2D eigenvalue weighted by Gasteiger charge is -2.12. The third-order valence-corrected chi connectivity index (χ3v) is 3.62. The van der Waals surface area contributed by atoms with Crippen LogP contribution in [0.25, 0.3) is 5.65 Å². The minimum atomic E-state index is 0.111. The predicted molar refractivity (Wildman–Crippen MR) is 75.8 cm³/mol. The third-order valence-electron chi connectivity index (χ3n) is 3.62. The summed E-state index contributed by atoms with van der Waals surface area (Å²) < 4.78 is 2.03. The first-order chi connectivity index (χ1) is 9.17. The van der Waals surface area contributed by atoms with E-state index in [1.165, 1.54) is 0 Å². The van der Waals surface area contributed by atoms with Crippen LogP contribution in [0.3, 0.4) is 0 Å². The zero-order valence-corrected chi connectivity index (χ0v) is 11.8. The molecule has 102 valence electrons. The summed E-state index contributed by atoms with van der Waals surface area (Å²) in [6, 6.07) is 5.91. The molecule has 0 unspecified atom stereocenters. The van der Waals surface area contributed by atoms with E-state index < -0.39 is 0 Å². The molecule has 0 aliphatic carbocycles. The maximum Gasteiger partial charge on any atom is 0.223 e. The standard InChI is InChI=1S/C15H21N3O/c1-4-12(5-2)15(19)16-10-13-11(3)17-14-8-6-7-9-18(13)14/h6-9,12H,4-5,10H2,1-3H3,(H,16,19). The molecule has 2 aromatic rings. The van der Waals surface area contributed by atoms with Crippen LogP contribution in [0.4, 0.5) is 0 Å². The molecule has 2 rings (SSSR count). The van der Waals surface area contributed by atoms with E-state index in [-0.39, 0.29) is 11.8 Å². The Morgan fingerprint density at radius 2 is 2.11 bits per heavy atom. The largest absolute Gasteiger partial charge is 0.350 e. The summed E-state index contributed by atoms with van der Waals surface area (Å²) in [6.45, 7) is 6.61. The fraction of sp³-hybridized carbons (Fsp3) is 0.467. The lowest BCUT2D eigenvalue weighted by Crippen LogP contribution is -2.30. The smallest absolute Gasteiger partial charge is 0.223 e. The monoisotopic (exact) mass is 259 g/mol. The minimum absolute atomic E-state index is 0.111. The predicted octanol–water partition coefficient (Wildman–Crippen LogP) is 2.70. The number of nitrogens with one attached hydrogen (secondary N) is 1. The van der Waals surface area contributed by atoms with Gasteiger partial charge in [-0.2, -0.15) is 0 Å². The molecular weight excluding hydrogens is 238 g/mol. The molecule has 2 aromatic heterocycles. The number of aromatic nitrogens is 2. The van der Waals surface area contributed by atoms with E-state index in [0.29, 0.717) is 6.54 Å². The summed E-state index contributed by atoms with van der Waals surface area (Å²) in [7, 11) is 0. The second-order valence-electron chi connectivity index (χ2n) is 4.80. The van der Waals surface area contributed by atoms with Crippen molar-refractivity contribution in [3.05, 3.63) is 35.8 Å². The number of hydrogen-bond acceptors (Lipinski definition) is 2. The number of hydrogen-bond donors (Lipinski definition) is 1. The molecule has 4 heteroatoms. The highest BCUT2D eigenvalue weighted by Crippen LogP contribution is 2.12. The van der Waals surface area contributed by atoms with Crippen molar-refractivity contribution in [1.29, 1.82) is 0 Å². The van der Waals surface area contributed by atoms with Gasteiger partial charge in [-0.25, -0.2) is 4.98 Å². The molecule has 0 aliphatic heterocycles. The number of rotatable bonds is 5. The van der Waals surface area contributed by atoms with Crippen LogP contribution in [-0.2, 0) is 11.3 Å². The second-order valence-corrected chi connectivity index (χ2v) is 4.80. The van der Waals surface area contributed by atoms with Gasteiger partial charge < -0.3 is 9.72 Å². The van der Waals surface area contributed by atoms with Crippen LogP contribution in [0, 0.1) is 12.8 Å². The van der Waals surface area contributed by atoms with Crippen molar-refractivity contribution < 1.29 is 4.79 Å². The molecule has 1 N–H and O–H groups in total. The molecule has 0 aromatic carbocycles. The summed E-state index contributed by atoms with van der Waals surface area (Å²) >= 11 is 0. The Morgan fingerprint density at radius 1 is 1.37 bits per heavy atom. The molecule has 4 nitrogen and oxygen atoms in total. The third kappa shape index (κ3) is 2.78. The highest BCUT2D eigenvalue weighted by atomic mass is 16.1. The number of carbonyl (C=O) groups excluding carboxylic acids is 1. The van der Waals surface area contributed by atoms with Gasteiger partial charge in [-0.15, -0.1) is 0 Å². The van der Waals surface area contributed by atoms with Crippen molar-refractivity contribution in [3.63, 3.8) is 0 Å². The number of aryl methyl sites for hydroxylation is 1. The number of nitrogens with zero attached hydrogens (tertiary/aromatic N) is 2. The summed E-state index contributed by atoms with van der Waals surface area (Å²) in [4.78, 5) is 16.5. The van der Waals surface area contributed by atoms with Crippen molar-refractivity contribution in [2.45, 2.75) is 40.2 Å². The lowest BCUT2D eigenvalue weighted by molar-refractivity contribution is -0.125. The molecule has 0 atom stereocenters. The van der Waals surface area contributed by atoms with Crippen LogP contribution in [0.15, 0.2) is 24.4 Å². The molecule has 0 saturated carbocycles. The summed E-state index contributed by atoms with van der Waals surface area (Å²) in [5.41, 5.74) is 2.94. The Kier molecular flexibility index (Phi) is 4.20. The summed E-state index contributed by atoms with van der Waals surface area (Å²) in [6.07, 6.45) is 3.75. The molecule has 2 heterocycles. The lowest BCUT2D eigenvalue weighted by atomic mass is 10.0. The maximum absolute atomic E-state index is 12.0. The molecule has 0 spiro atoms. The number of carbonyl (C=O) groups is 1. The molecule has 0 fully saturated rings. The van der Waals surface area contributed by atoms with E-state index in [4.69, 9.17) is 0 Å². The van der Waals surface area contributed by atoms with Crippen LogP contribution < -0.4 is 5.32 Å². The average molecular weight is 259 g/mol. The molecular formula is C15H21N3O. The van der Waals surface area contributed by atoms with Gasteiger partial charge in [-0.3, -0.25) is 4.79 Å². The van der Waals surface area contributed by atoms with Crippen molar-refractivity contribution in [2.24, 2.45) is 5.92 Å².